The topological polar surface area (TPSA) is 58.4 Å². The Balaban J connectivity index is 1.41. The van der Waals surface area contributed by atoms with E-state index in [1.165, 1.54) is 28.4 Å². The van der Waals surface area contributed by atoms with Crippen molar-refractivity contribution in [3.8, 4) is 11.3 Å². The lowest BCUT2D eigenvalue weighted by molar-refractivity contribution is -0.132. The van der Waals surface area contributed by atoms with Gasteiger partial charge in [-0.25, -0.2) is 9.07 Å². The number of amides is 1. The minimum Gasteiger partial charge on any atom is -0.368 e. The second kappa shape index (κ2) is 9.12. The maximum Gasteiger partial charge on any atom is 0.267 e. The average Bonchev–Trinajstić information content (AvgIpc) is 2.81. The zero-order valence-electron chi connectivity index (χ0n) is 17.5. The van der Waals surface area contributed by atoms with Crippen molar-refractivity contribution in [2.24, 2.45) is 0 Å². The number of aryl methyl sites for hydroxylation is 1. The first-order chi connectivity index (χ1) is 15.0. The van der Waals surface area contributed by atoms with E-state index in [1.54, 1.807) is 23.1 Å². The van der Waals surface area contributed by atoms with Crippen molar-refractivity contribution in [3.05, 3.63) is 82.4 Å². The van der Waals surface area contributed by atoms with Gasteiger partial charge in [0.25, 0.3) is 5.56 Å². The molecular weight excluding hydrogens is 395 g/mol. The molecule has 160 valence electrons. The van der Waals surface area contributed by atoms with E-state index < -0.39 is 0 Å². The second-order valence-corrected chi connectivity index (χ2v) is 7.61. The average molecular weight is 420 g/mol. The van der Waals surface area contributed by atoms with Gasteiger partial charge in [0.1, 0.15) is 12.4 Å². The minimum atomic E-state index is -0.299. The van der Waals surface area contributed by atoms with Crippen LogP contribution in [0.5, 0.6) is 0 Å². The molecule has 1 aliphatic rings. The summed E-state index contributed by atoms with van der Waals surface area (Å²) in [7, 11) is 0. The molecule has 4 rings (SSSR count). The van der Waals surface area contributed by atoms with Crippen molar-refractivity contribution < 1.29 is 9.18 Å². The van der Waals surface area contributed by atoms with Gasteiger partial charge >= 0.3 is 0 Å². The van der Waals surface area contributed by atoms with Crippen molar-refractivity contribution >= 4 is 11.6 Å². The molecule has 0 bridgehead atoms. The van der Waals surface area contributed by atoms with Crippen LogP contribution in [0.3, 0.4) is 0 Å². The number of benzene rings is 2. The molecule has 3 aromatic rings. The number of carbonyl (C=O) groups excluding carboxylic acids is 1. The first kappa shape index (κ1) is 20.8. The molecule has 0 spiro atoms. The van der Waals surface area contributed by atoms with Crippen molar-refractivity contribution in [3.63, 3.8) is 0 Å². The Labute approximate surface area is 180 Å². The fraction of sp³-hybridized carbons (Fsp3) is 0.292. The molecule has 2 heterocycles. The Morgan fingerprint density at radius 3 is 2.26 bits per heavy atom. The van der Waals surface area contributed by atoms with Crippen molar-refractivity contribution in [2.45, 2.75) is 19.9 Å². The molecule has 0 aliphatic carbocycles. The van der Waals surface area contributed by atoms with Crippen LogP contribution in [0.25, 0.3) is 11.3 Å². The largest absolute Gasteiger partial charge is 0.368 e. The summed E-state index contributed by atoms with van der Waals surface area (Å²) in [5, 5.41) is 4.41. The molecule has 31 heavy (non-hydrogen) atoms. The monoisotopic (exact) mass is 420 g/mol. The molecule has 2 aromatic carbocycles. The summed E-state index contributed by atoms with van der Waals surface area (Å²) in [5.74, 6) is -0.397. The Hall–Kier alpha value is -3.48. The number of anilines is 1. The lowest BCUT2D eigenvalue weighted by Gasteiger charge is -2.36. The molecule has 1 amide bonds. The molecular formula is C24H25FN4O2. The van der Waals surface area contributed by atoms with E-state index in [-0.39, 0.29) is 23.8 Å². The zero-order chi connectivity index (χ0) is 21.8. The number of rotatable bonds is 5. The Kier molecular flexibility index (Phi) is 6.11. The molecule has 1 fully saturated rings. The molecule has 0 saturated carbocycles. The third kappa shape index (κ3) is 4.82. The van der Waals surface area contributed by atoms with Gasteiger partial charge in [-0.1, -0.05) is 31.2 Å². The van der Waals surface area contributed by atoms with Crippen LogP contribution in [-0.4, -0.2) is 46.8 Å². The highest BCUT2D eigenvalue weighted by molar-refractivity contribution is 5.76. The van der Waals surface area contributed by atoms with Crippen LogP contribution in [0.15, 0.2) is 65.5 Å². The number of aromatic nitrogens is 2. The van der Waals surface area contributed by atoms with Gasteiger partial charge in [-0.2, -0.15) is 5.10 Å². The SMILES string of the molecule is CCc1ccc(-c2ccc(=O)n(CC(=O)N3CCN(c4ccc(F)cc4)CC3)n2)cc1. The number of nitrogens with zero attached hydrogens (tertiary/aromatic N) is 4. The van der Waals surface area contributed by atoms with Crippen LogP contribution in [0.4, 0.5) is 10.1 Å². The molecule has 1 aliphatic heterocycles. The summed E-state index contributed by atoms with van der Waals surface area (Å²) >= 11 is 0. The summed E-state index contributed by atoms with van der Waals surface area (Å²) in [5.41, 5.74) is 3.44. The van der Waals surface area contributed by atoms with E-state index in [0.717, 1.165) is 17.7 Å². The van der Waals surface area contributed by atoms with E-state index in [9.17, 15) is 14.0 Å². The summed E-state index contributed by atoms with van der Waals surface area (Å²) in [4.78, 5) is 28.9. The molecule has 0 atom stereocenters. The highest BCUT2D eigenvalue weighted by atomic mass is 19.1. The summed E-state index contributed by atoms with van der Waals surface area (Å²) < 4.78 is 14.4. The van der Waals surface area contributed by atoms with E-state index in [2.05, 4.69) is 16.9 Å². The molecule has 0 N–H and O–H groups in total. The number of carbonyl (C=O) groups is 1. The highest BCUT2D eigenvalue weighted by Crippen LogP contribution is 2.18. The quantitative estimate of drug-likeness (QED) is 0.637. The predicted molar refractivity (Wildman–Crippen MR) is 119 cm³/mol. The summed E-state index contributed by atoms with van der Waals surface area (Å²) in [6.07, 6.45) is 0.954. The maximum atomic E-state index is 13.1. The van der Waals surface area contributed by atoms with Gasteiger partial charge in [0.15, 0.2) is 0 Å². The normalized spacial score (nSPS) is 14.0. The van der Waals surface area contributed by atoms with Crippen LogP contribution in [0.1, 0.15) is 12.5 Å². The van der Waals surface area contributed by atoms with E-state index in [1.807, 2.05) is 24.3 Å². The third-order valence-electron chi connectivity index (χ3n) is 5.63. The Morgan fingerprint density at radius 1 is 0.935 bits per heavy atom. The van der Waals surface area contributed by atoms with Crippen LogP contribution in [0, 0.1) is 5.82 Å². The second-order valence-electron chi connectivity index (χ2n) is 7.61. The fourth-order valence-electron chi connectivity index (χ4n) is 3.72. The molecule has 0 radical (unpaired) electrons. The van der Waals surface area contributed by atoms with E-state index in [4.69, 9.17) is 0 Å². The third-order valence-corrected chi connectivity index (χ3v) is 5.63. The Morgan fingerprint density at radius 2 is 1.61 bits per heavy atom. The lowest BCUT2D eigenvalue weighted by atomic mass is 10.1. The Bertz CT molecular complexity index is 1100. The minimum absolute atomic E-state index is 0.0870. The van der Waals surface area contributed by atoms with E-state index >= 15 is 0 Å². The molecule has 7 heteroatoms. The van der Waals surface area contributed by atoms with Gasteiger partial charge in [0.2, 0.25) is 5.91 Å². The zero-order valence-corrected chi connectivity index (χ0v) is 17.5. The number of hydrogen-bond donors (Lipinski definition) is 0. The van der Waals surface area contributed by atoms with Gasteiger partial charge in [0, 0.05) is 43.5 Å². The fourth-order valence-corrected chi connectivity index (χ4v) is 3.72. The molecule has 6 nitrogen and oxygen atoms in total. The maximum absolute atomic E-state index is 13.1. The molecule has 1 aromatic heterocycles. The van der Waals surface area contributed by atoms with Gasteiger partial charge in [0.05, 0.1) is 5.69 Å². The van der Waals surface area contributed by atoms with Crippen molar-refractivity contribution in [2.75, 3.05) is 31.1 Å². The lowest BCUT2D eigenvalue weighted by Crippen LogP contribution is -2.50. The van der Waals surface area contributed by atoms with Gasteiger partial charge in [-0.3, -0.25) is 9.59 Å². The smallest absolute Gasteiger partial charge is 0.267 e. The number of halogens is 1. The highest BCUT2D eigenvalue weighted by Gasteiger charge is 2.22. The van der Waals surface area contributed by atoms with Crippen LogP contribution < -0.4 is 10.5 Å². The summed E-state index contributed by atoms with van der Waals surface area (Å²) in [6, 6.07) is 17.5. The van der Waals surface area contributed by atoms with Crippen LogP contribution >= 0.6 is 0 Å². The van der Waals surface area contributed by atoms with E-state index in [0.29, 0.717) is 31.9 Å². The first-order valence-corrected chi connectivity index (χ1v) is 10.5. The molecule has 1 saturated heterocycles. The van der Waals surface area contributed by atoms with Crippen LogP contribution in [0.2, 0.25) is 0 Å². The van der Waals surface area contributed by atoms with Gasteiger partial charge in [-0.05, 0) is 42.3 Å². The first-order valence-electron chi connectivity index (χ1n) is 10.5. The number of hydrogen-bond acceptors (Lipinski definition) is 4. The van der Waals surface area contributed by atoms with Crippen LogP contribution in [-0.2, 0) is 17.8 Å². The van der Waals surface area contributed by atoms with Gasteiger partial charge < -0.3 is 9.80 Å². The van der Waals surface area contributed by atoms with Crippen molar-refractivity contribution in [1.82, 2.24) is 14.7 Å². The molecule has 0 unspecified atom stereocenters. The van der Waals surface area contributed by atoms with Crippen molar-refractivity contribution in [1.29, 1.82) is 0 Å². The summed E-state index contributed by atoms with van der Waals surface area (Å²) in [6.45, 7) is 4.41. The predicted octanol–water partition coefficient (Wildman–Crippen LogP) is 2.96. The standard InChI is InChI=1S/C24H25FN4O2/c1-2-18-3-5-19(6-4-18)22-11-12-23(30)29(26-22)17-24(31)28-15-13-27(14-16-28)21-9-7-20(25)8-10-21/h3-12H,2,13-17H2,1H3. The number of piperazine rings is 1. The van der Waals surface area contributed by atoms with Gasteiger partial charge in [-0.15, -0.1) is 0 Å².